The van der Waals surface area contributed by atoms with Crippen molar-refractivity contribution in [3.63, 3.8) is 0 Å². The van der Waals surface area contributed by atoms with Gasteiger partial charge in [0.2, 0.25) is 0 Å². The first-order valence-corrected chi connectivity index (χ1v) is 7.66. The molecule has 1 saturated heterocycles. The number of carbonyl (C=O) groups is 1. The number of carbonyl (C=O) groups excluding carboxylic acids is 1. The minimum absolute atomic E-state index is 0.0191. The molecule has 1 aromatic rings. The first-order valence-electron chi connectivity index (χ1n) is 7.28. The van der Waals surface area contributed by atoms with Gasteiger partial charge in [-0.15, -0.1) is 0 Å². The van der Waals surface area contributed by atoms with Crippen molar-refractivity contribution in [2.24, 2.45) is 5.92 Å². The van der Waals surface area contributed by atoms with Gasteiger partial charge >= 0.3 is 0 Å². The quantitative estimate of drug-likeness (QED) is 0.929. The molecular weight excluding hydrogens is 274 g/mol. The van der Waals surface area contributed by atoms with Gasteiger partial charge in [-0.05, 0) is 31.2 Å². The number of halogens is 1. The van der Waals surface area contributed by atoms with Gasteiger partial charge in [0, 0.05) is 26.3 Å². The van der Waals surface area contributed by atoms with E-state index in [1.54, 1.807) is 13.1 Å². The Labute approximate surface area is 125 Å². The lowest BCUT2D eigenvalue weighted by Crippen LogP contribution is -2.32. The summed E-state index contributed by atoms with van der Waals surface area (Å²) in [6.45, 7) is 3.87. The molecule has 110 valence electrons. The van der Waals surface area contributed by atoms with Crippen LogP contribution in [0, 0.1) is 5.92 Å². The van der Waals surface area contributed by atoms with Gasteiger partial charge in [-0.1, -0.05) is 24.9 Å². The highest BCUT2D eigenvalue weighted by Gasteiger charge is 2.22. The summed E-state index contributed by atoms with van der Waals surface area (Å²) in [6, 6.07) is 1.73. The Bertz CT molecular complexity index is 478. The largest absolute Gasteiger partial charge is 0.373 e. The molecule has 1 unspecified atom stereocenters. The summed E-state index contributed by atoms with van der Waals surface area (Å²) < 4.78 is 0. The third kappa shape index (κ3) is 3.42. The van der Waals surface area contributed by atoms with Crippen molar-refractivity contribution in [2.45, 2.75) is 32.6 Å². The molecule has 0 bridgehead atoms. The van der Waals surface area contributed by atoms with E-state index < -0.39 is 0 Å². The van der Waals surface area contributed by atoms with Crippen LogP contribution in [0.15, 0.2) is 12.3 Å². The van der Waals surface area contributed by atoms with Crippen LogP contribution in [-0.4, -0.2) is 35.9 Å². The first-order chi connectivity index (χ1) is 9.65. The zero-order chi connectivity index (χ0) is 14.5. The fourth-order valence-corrected chi connectivity index (χ4v) is 2.87. The molecule has 5 heteroatoms. The molecule has 1 aliphatic heterocycles. The Kier molecular flexibility index (Phi) is 5.24. The fourth-order valence-electron chi connectivity index (χ4n) is 2.69. The van der Waals surface area contributed by atoms with Gasteiger partial charge in [0.25, 0.3) is 5.91 Å². The molecule has 2 heterocycles. The van der Waals surface area contributed by atoms with Gasteiger partial charge in [-0.25, -0.2) is 4.98 Å². The monoisotopic (exact) mass is 295 g/mol. The number of pyridine rings is 1. The van der Waals surface area contributed by atoms with E-state index in [0.717, 1.165) is 31.8 Å². The second-order valence-corrected chi connectivity index (χ2v) is 5.70. The van der Waals surface area contributed by atoms with Crippen molar-refractivity contribution < 1.29 is 4.79 Å². The number of nitrogens with zero attached hydrogens (tertiary/aromatic N) is 2. The molecule has 0 aromatic carbocycles. The van der Waals surface area contributed by atoms with Crippen molar-refractivity contribution in [1.82, 2.24) is 9.88 Å². The van der Waals surface area contributed by atoms with Crippen LogP contribution in [-0.2, 0) is 0 Å². The molecule has 0 saturated carbocycles. The molecule has 1 fully saturated rings. The van der Waals surface area contributed by atoms with Crippen LogP contribution in [0.5, 0.6) is 0 Å². The van der Waals surface area contributed by atoms with Gasteiger partial charge in [-0.3, -0.25) is 4.79 Å². The van der Waals surface area contributed by atoms with Gasteiger partial charge in [-0.2, -0.15) is 0 Å². The summed E-state index contributed by atoms with van der Waals surface area (Å²) in [5, 5.41) is 3.36. The van der Waals surface area contributed by atoms with Crippen LogP contribution in [0.1, 0.15) is 43.0 Å². The number of aromatic nitrogens is 1. The van der Waals surface area contributed by atoms with Crippen molar-refractivity contribution in [2.75, 3.05) is 25.5 Å². The Hall–Kier alpha value is -1.29. The van der Waals surface area contributed by atoms with Gasteiger partial charge in [0.1, 0.15) is 5.82 Å². The fraction of sp³-hybridized carbons (Fsp3) is 0.600. The molecule has 4 nitrogen and oxygen atoms in total. The van der Waals surface area contributed by atoms with E-state index in [-0.39, 0.29) is 5.91 Å². The second kappa shape index (κ2) is 6.93. The third-order valence-corrected chi connectivity index (χ3v) is 4.36. The lowest BCUT2D eigenvalue weighted by molar-refractivity contribution is 0.0760. The number of hydrogen-bond acceptors (Lipinski definition) is 3. The predicted octanol–water partition coefficient (Wildman–Crippen LogP) is 3.43. The van der Waals surface area contributed by atoms with Crippen LogP contribution in [0.25, 0.3) is 0 Å². The van der Waals surface area contributed by atoms with Crippen LogP contribution >= 0.6 is 11.6 Å². The number of rotatable bonds is 3. The minimum atomic E-state index is 0.0191. The third-order valence-electron chi connectivity index (χ3n) is 4.05. The van der Waals surface area contributed by atoms with Crippen LogP contribution in [0.2, 0.25) is 5.02 Å². The molecule has 20 heavy (non-hydrogen) atoms. The second-order valence-electron chi connectivity index (χ2n) is 5.30. The average molecular weight is 296 g/mol. The lowest BCUT2D eigenvalue weighted by atomic mass is 9.98. The van der Waals surface area contributed by atoms with Crippen LogP contribution in [0.3, 0.4) is 0 Å². The zero-order valence-electron chi connectivity index (χ0n) is 12.2. The van der Waals surface area contributed by atoms with Gasteiger partial charge in [0.05, 0.1) is 10.6 Å². The highest BCUT2D eigenvalue weighted by molar-refractivity contribution is 6.33. The summed E-state index contributed by atoms with van der Waals surface area (Å²) in [4.78, 5) is 18.7. The van der Waals surface area contributed by atoms with Gasteiger partial charge in [0.15, 0.2) is 0 Å². The van der Waals surface area contributed by atoms with Crippen molar-refractivity contribution in [1.29, 1.82) is 0 Å². The highest BCUT2D eigenvalue weighted by atomic mass is 35.5. The molecule has 1 N–H and O–H groups in total. The first kappa shape index (κ1) is 15.1. The Morgan fingerprint density at radius 1 is 1.50 bits per heavy atom. The number of hydrogen-bond donors (Lipinski definition) is 1. The number of amides is 1. The molecule has 1 atom stereocenters. The summed E-state index contributed by atoms with van der Waals surface area (Å²) in [5.74, 6) is 1.43. The number of anilines is 1. The Morgan fingerprint density at radius 3 is 3.00 bits per heavy atom. The molecule has 0 radical (unpaired) electrons. The standard InChI is InChI=1S/C15H22ClN3O/c1-3-11-5-4-7-19(8-6-11)15(20)12-9-14(17-2)18-10-13(12)16/h9-11H,3-8H2,1-2H3,(H,17,18). The molecule has 1 aromatic heterocycles. The van der Waals surface area contributed by atoms with Crippen molar-refractivity contribution >= 4 is 23.3 Å². The van der Waals surface area contributed by atoms with E-state index >= 15 is 0 Å². The number of nitrogens with one attached hydrogen (secondary N) is 1. The van der Waals surface area contributed by atoms with Crippen molar-refractivity contribution in [3.8, 4) is 0 Å². The van der Waals surface area contributed by atoms with E-state index in [1.807, 2.05) is 4.90 Å². The summed E-state index contributed by atoms with van der Waals surface area (Å²) in [5.41, 5.74) is 0.543. The summed E-state index contributed by atoms with van der Waals surface area (Å²) >= 11 is 6.13. The normalized spacial score (nSPS) is 19.6. The predicted molar refractivity (Wildman–Crippen MR) is 82.3 cm³/mol. The van der Waals surface area contributed by atoms with Crippen LogP contribution < -0.4 is 5.32 Å². The van der Waals surface area contributed by atoms with E-state index in [4.69, 9.17) is 11.6 Å². The van der Waals surface area contributed by atoms with E-state index in [1.165, 1.54) is 19.0 Å². The van der Waals surface area contributed by atoms with Crippen LogP contribution in [0.4, 0.5) is 5.82 Å². The number of likely N-dealkylation sites (tertiary alicyclic amines) is 1. The molecule has 0 spiro atoms. The molecule has 0 aliphatic carbocycles. The molecule has 1 amide bonds. The average Bonchev–Trinajstić information content (AvgIpc) is 2.72. The Balaban J connectivity index is 2.14. The smallest absolute Gasteiger partial charge is 0.255 e. The summed E-state index contributed by atoms with van der Waals surface area (Å²) in [6.07, 6.45) is 6.11. The molecular formula is C15H22ClN3O. The summed E-state index contributed by atoms with van der Waals surface area (Å²) in [7, 11) is 1.78. The van der Waals surface area contributed by atoms with E-state index in [2.05, 4.69) is 17.2 Å². The van der Waals surface area contributed by atoms with E-state index in [0.29, 0.717) is 16.4 Å². The maximum Gasteiger partial charge on any atom is 0.255 e. The molecule has 2 rings (SSSR count). The topological polar surface area (TPSA) is 45.2 Å². The maximum atomic E-state index is 12.6. The van der Waals surface area contributed by atoms with Gasteiger partial charge < -0.3 is 10.2 Å². The minimum Gasteiger partial charge on any atom is -0.373 e. The molecule has 1 aliphatic rings. The van der Waals surface area contributed by atoms with E-state index in [9.17, 15) is 4.79 Å². The maximum absolute atomic E-state index is 12.6. The zero-order valence-corrected chi connectivity index (χ0v) is 12.9. The highest BCUT2D eigenvalue weighted by Crippen LogP contribution is 2.24. The lowest BCUT2D eigenvalue weighted by Gasteiger charge is -2.21. The SMILES string of the molecule is CCC1CCCN(C(=O)c2cc(NC)ncc2Cl)CC1. The van der Waals surface area contributed by atoms with Crippen molar-refractivity contribution in [3.05, 3.63) is 22.8 Å². The Morgan fingerprint density at radius 2 is 2.30 bits per heavy atom.